The van der Waals surface area contributed by atoms with Crippen molar-refractivity contribution in [1.82, 2.24) is 0 Å². The van der Waals surface area contributed by atoms with Gasteiger partial charge in [-0.3, -0.25) is 4.79 Å². The summed E-state index contributed by atoms with van der Waals surface area (Å²) in [6.45, 7) is 9.25. The van der Waals surface area contributed by atoms with E-state index >= 15 is 0 Å². The Balaban J connectivity index is 0.00000264. The van der Waals surface area contributed by atoms with Crippen LogP contribution < -0.4 is 11.1 Å². The lowest BCUT2D eigenvalue weighted by Crippen LogP contribution is -2.44. The molecule has 1 heterocycles. The second kappa shape index (κ2) is 6.49. The summed E-state index contributed by atoms with van der Waals surface area (Å²) in [6, 6.07) is 5.47. The van der Waals surface area contributed by atoms with Gasteiger partial charge >= 0.3 is 5.97 Å². The number of carbonyl (C=O) groups is 2. The fourth-order valence-electron chi connectivity index (χ4n) is 2.68. The van der Waals surface area contributed by atoms with Gasteiger partial charge in [0.1, 0.15) is 5.54 Å². The highest BCUT2D eigenvalue weighted by molar-refractivity contribution is 5.95. The van der Waals surface area contributed by atoms with Crippen LogP contribution in [0.1, 0.15) is 52.2 Å². The first-order chi connectivity index (χ1) is 10.0. The van der Waals surface area contributed by atoms with Crippen LogP contribution in [0.2, 0.25) is 0 Å². The predicted molar refractivity (Wildman–Crippen MR) is 92.7 cm³/mol. The molecule has 0 bridgehead atoms. The number of ether oxygens (including phenoxy) is 1. The molecule has 2 rings (SSSR count). The second-order valence-corrected chi connectivity index (χ2v) is 7.03. The number of nitrogens with two attached hydrogens (primary N) is 1. The molecule has 0 radical (unpaired) electrons. The molecule has 0 aromatic heterocycles. The quantitative estimate of drug-likeness (QED) is 0.829. The van der Waals surface area contributed by atoms with Gasteiger partial charge in [-0.05, 0) is 38.0 Å². The van der Waals surface area contributed by atoms with Crippen molar-refractivity contribution in [3.63, 3.8) is 0 Å². The molecule has 3 N–H and O–H groups in total. The summed E-state index contributed by atoms with van der Waals surface area (Å²) >= 11 is 0. The number of carbonyl (C=O) groups excluding carboxylic acids is 2. The number of fused-ring (bicyclic) bond motifs is 1. The van der Waals surface area contributed by atoms with Gasteiger partial charge in [-0.15, -0.1) is 12.4 Å². The first-order valence-electron chi connectivity index (χ1n) is 7.49. The van der Waals surface area contributed by atoms with Gasteiger partial charge in [0.2, 0.25) is 5.91 Å². The number of hydrogen-bond acceptors (Lipinski definition) is 4. The van der Waals surface area contributed by atoms with Crippen LogP contribution in [0, 0.1) is 0 Å². The van der Waals surface area contributed by atoms with Gasteiger partial charge < -0.3 is 15.8 Å². The largest absolute Gasteiger partial charge is 0.461 e. The van der Waals surface area contributed by atoms with E-state index in [0.29, 0.717) is 12.0 Å². The lowest BCUT2D eigenvalue weighted by atomic mass is 9.76. The van der Waals surface area contributed by atoms with E-state index < -0.39 is 11.5 Å². The van der Waals surface area contributed by atoms with Crippen LogP contribution in [0.4, 0.5) is 5.69 Å². The third-order valence-electron chi connectivity index (χ3n) is 3.99. The summed E-state index contributed by atoms with van der Waals surface area (Å²) in [5, 5.41) is 2.86. The van der Waals surface area contributed by atoms with Gasteiger partial charge in [-0.25, -0.2) is 4.79 Å². The fraction of sp³-hybridized carbons (Fsp3) is 0.529. The summed E-state index contributed by atoms with van der Waals surface area (Å²) in [6.07, 6.45) is 0.185. The maximum Gasteiger partial charge on any atom is 0.330 e. The zero-order chi connectivity index (χ0) is 16.7. The van der Waals surface area contributed by atoms with E-state index in [1.165, 1.54) is 0 Å². The molecule has 1 amide bonds. The fourth-order valence-corrected chi connectivity index (χ4v) is 2.68. The van der Waals surface area contributed by atoms with Crippen molar-refractivity contribution in [2.45, 2.75) is 58.1 Å². The van der Waals surface area contributed by atoms with Crippen molar-refractivity contribution in [2.24, 2.45) is 5.73 Å². The average molecular weight is 341 g/mol. The Morgan fingerprint density at radius 1 is 1.39 bits per heavy atom. The van der Waals surface area contributed by atoms with Gasteiger partial charge in [-0.2, -0.15) is 0 Å². The molecule has 1 aliphatic heterocycles. The summed E-state index contributed by atoms with van der Waals surface area (Å²) in [4.78, 5) is 24.0. The number of halogens is 1. The number of hydrogen-bond donors (Lipinski definition) is 2. The topological polar surface area (TPSA) is 81.4 Å². The van der Waals surface area contributed by atoms with Crippen molar-refractivity contribution in [1.29, 1.82) is 0 Å². The first-order valence-corrected chi connectivity index (χ1v) is 7.49. The van der Waals surface area contributed by atoms with Crippen molar-refractivity contribution in [3.8, 4) is 0 Å². The van der Waals surface area contributed by atoms with Crippen molar-refractivity contribution >= 4 is 30.0 Å². The minimum atomic E-state index is -1.23. The molecule has 0 saturated carbocycles. The maximum atomic E-state index is 12.2. The number of anilines is 1. The average Bonchev–Trinajstić information content (AvgIpc) is 2.36. The van der Waals surface area contributed by atoms with Gasteiger partial charge in [-0.1, -0.05) is 26.0 Å². The summed E-state index contributed by atoms with van der Waals surface area (Å²) in [7, 11) is 0. The van der Waals surface area contributed by atoms with Crippen LogP contribution in [0.3, 0.4) is 0 Å². The highest BCUT2D eigenvalue weighted by Crippen LogP contribution is 2.39. The van der Waals surface area contributed by atoms with Gasteiger partial charge in [0, 0.05) is 17.5 Å². The first kappa shape index (κ1) is 19.5. The Morgan fingerprint density at radius 2 is 2.00 bits per heavy atom. The normalized spacial score (nSPS) is 18.3. The monoisotopic (exact) mass is 340 g/mol. The molecule has 0 aliphatic carbocycles. The standard InChI is InChI=1S/C17H24N2O3.ClH/c1-10(2)22-15(21)17(5,18)11-6-7-13-12(8-11)16(3,4)9-14(20)19-13;/h6-8,10H,9,18H2,1-5H3,(H,19,20);1H/t17-;/m1./s1. The van der Waals surface area contributed by atoms with Crippen LogP contribution >= 0.6 is 12.4 Å². The molecule has 1 aromatic rings. The molecule has 1 aromatic carbocycles. The summed E-state index contributed by atoms with van der Waals surface area (Å²) in [5.41, 5.74) is 7.13. The van der Waals surface area contributed by atoms with E-state index in [-0.39, 0.29) is 29.8 Å². The van der Waals surface area contributed by atoms with Crippen LogP contribution in [0.25, 0.3) is 0 Å². The number of esters is 1. The third kappa shape index (κ3) is 3.85. The van der Waals surface area contributed by atoms with E-state index in [1.54, 1.807) is 32.9 Å². The predicted octanol–water partition coefficient (Wildman–Crippen LogP) is 2.85. The number of rotatable bonds is 3. The zero-order valence-corrected chi connectivity index (χ0v) is 15.0. The Morgan fingerprint density at radius 3 is 2.57 bits per heavy atom. The molecule has 0 fully saturated rings. The van der Waals surface area contributed by atoms with Crippen LogP contribution in [-0.2, 0) is 25.3 Å². The van der Waals surface area contributed by atoms with Crippen molar-refractivity contribution in [2.75, 3.05) is 5.32 Å². The molecule has 0 spiro atoms. The molecule has 0 unspecified atom stereocenters. The van der Waals surface area contributed by atoms with E-state index in [2.05, 4.69) is 5.32 Å². The Labute approximate surface area is 143 Å². The van der Waals surface area contributed by atoms with Crippen LogP contribution in [-0.4, -0.2) is 18.0 Å². The highest BCUT2D eigenvalue weighted by atomic mass is 35.5. The third-order valence-corrected chi connectivity index (χ3v) is 3.99. The Bertz CT molecular complexity index is 624. The van der Waals surface area contributed by atoms with E-state index in [0.717, 1.165) is 11.3 Å². The maximum absolute atomic E-state index is 12.2. The lowest BCUT2D eigenvalue weighted by Gasteiger charge is -2.34. The van der Waals surface area contributed by atoms with E-state index in [9.17, 15) is 9.59 Å². The van der Waals surface area contributed by atoms with E-state index in [4.69, 9.17) is 10.5 Å². The molecular formula is C17H25ClN2O3. The van der Waals surface area contributed by atoms with Gasteiger partial charge in [0.25, 0.3) is 0 Å². The summed E-state index contributed by atoms with van der Waals surface area (Å²) < 4.78 is 5.25. The van der Waals surface area contributed by atoms with E-state index in [1.807, 2.05) is 19.9 Å². The molecule has 1 atom stereocenters. The smallest absolute Gasteiger partial charge is 0.330 e. The van der Waals surface area contributed by atoms with Crippen LogP contribution in [0.15, 0.2) is 18.2 Å². The van der Waals surface area contributed by atoms with Gasteiger partial charge in [0.15, 0.2) is 0 Å². The Hall–Kier alpha value is -1.59. The number of benzene rings is 1. The minimum absolute atomic E-state index is 0. The molecule has 128 valence electrons. The summed E-state index contributed by atoms with van der Waals surface area (Å²) in [5.74, 6) is -0.458. The minimum Gasteiger partial charge on any atom is -0.461 e. The van der Waals surface area contributed by atoms with Gasteiger partial charge in [0.05, 0.1) is 6.10 Å². The molecule has 1 aliphatic rings. The Kier molecular flexibility index (Phi) is 5.49. The number of amides is 1. The van der Waals surface area contributed by atoms with Crippen LogP contribution in [0.5, 0.6) is 0 Å². The number of nitrogens with one attached hydrogen (secondary N) is 1. The zero-order valence-electron chi connectivity index (χ0n) is 14.2. The molecule has 0 saturated heterocycles. The highest BCUT2D eigenvalue weighted by Gasteiger charge is 2.37. The molecule has 6 heteroatoms. The molecule has 5 nitrogen and oxygen atoms in total. The van der Waals surface area contributed by atoms with Crippen molar-refractivity contribution in [3.05, 3.63) is 29.3 Å². The molecular weight excluding hydrogens is 316 g/mol. The molecule has 23 heavy (non-hydrogen) atoms. The second-order valence-electron chi connectivity index (χ2n) is 7.03. The van der Waals surface area contributed by atoms with Crippen molar-refractivity contribution < 1.29 is 14.3 Å². The SMILES string of the molecule is CC(C)OC(=O)[C@](C)(N)c1ccc2c(c1)C(C)(C)CC(=O)N2.Cl. The lowest BCUT2D eigenvalue weighted by molar-refractivity contribution is -0.153.